The van der Waals surface area contributed by atoms with Crippen molar-refractivity contribution in [1.29, 1.82) is 0 Å². The van der Waals surface area contributed by atoms with Gasteiger partial charge in [0.2, 0.25) is 0 Å². The lowest BCUT2D eigenvalue weighted by Gasteiger charge is -2.18. The van der Waals surface area contributed by atoms with Gasteiger partial charge in [-0.05, 0) is 18.7 Å². The normalized spacial score (nSPS) is 14.8. The maximum atomic E-state index is 13.4. The number of hydrogen-bond acceptors (Lipinski definition) is 4. The van der Waals surface area contributed by atoms with Crippen LogP contribution in [0.1, 0.15) is 17.2 Å². The van der Waals surface area contributed by atoms with Gasteiger partial charge in [0.15, 0.2) is 0 Å². The second-order valence-corrected chi connectivity index (χ2v) is 3.62. The fourth-order valence-electron chi connectivity index (χ4n) is 1.46. The number of nitrogens with two attached hydrogens (primary N) is 1. The molecule has 2 atom stereocenters. The molecule has 0 fully saturated rings. The fourth-order valence-corrected chi connectivity index (χ4v) is 1.46. The van der Waals surface area contributed by atoms with Crippen LogP contribution in [-0.4, -0.2) is 29.9 Å². The average molecular weight is 228 g/mol. The van der Waals surface area contributed by atoms with Gasteiger partial charge in [-0.3, -0.25) is 0 Å². The predicted molar refractivity (Wildman–Crippen MR) is 59.2 cm³/mol. The van der Waals surface area contributed by atoms with E-state index in [4.69, 9.17) is 5.73 Å². The monoisotopic (exact) mass is 228 g/mol. The average Bonchev–Trinajstić information content (AvgIpc) is 2.28. The van der Waals surface area contributed by atoms with Crippen LogP contribution < -0.4 is 11.1 Å². The van der Waals surface area contributed by atoms with Crippen molar-refractivity contribution in [3.63, 3.8) is 0 Å². The van der Waals surface area contributed by atoms with Gasteiger partial charge < -0.3 is 21.3 Å². The summed E-state index contributed by atoms with van der Waals surface area (Å²) in [7, 11) is 1.66. The molecule has 1 aromatic carbocycles. The largest absolute Gasteiger partial charge is 0.389 e. The minimum atomic E-state index is -1.10. The van der Waals surface area contributed by atoms with Crippen LogP contribution in [-0.2, 0) is 6.54 Å². The van der Waals surface area contributed by atoms with Crippen LogP contribution in [0.5, 0.6) is 0 Å². The molecule has 5 N–H and O–H groups in total. The number of aliphatic hydroxyl groups excluding tert-OH is 2. The van der Waals surface area contributed by atoms with Crippen molar-refractivity contribution in [3.05, 3.63) is 35.1 Å². The van der Waals surface area contributed by atoms with Gasteiger partial charge >= 0.3 is 0 Å². The molecule has 4 nitrogen and oxygen atoms in total. The molecule has 0 saturated carbocycles. The van der Waals surface area contributed by atoms with E-state index in [0.29, 0.717) is 11.1 Å². The molecule has 16 heavy (non-hydrogen) atoms. The lowest BCUT2D eigenvalue weighted by atomic mass is 10.0. The molecule has 90 valence electrons. The second-order valence-electron chi connectivity index (χ2n) is 3.62. The first kappa shape index (κ1) is 13.1. The number of nitrogens with one attached hydrogen (secondary N) is 1. The number of halogens is 1. The Morgan fingerprint density at radius 3 is 2.62 bits per heavy atom. The van der Waals surface area contributed by atoms with Gasteiger partial charge in [-0.1, -0.05) is 12.1 Å². The van der Waals surface area contributed by atoms with Gasteiger partial charge in [-0.15, -0.1) is 0 Å². The molecule has 0 bridgehead atoms. The highest BCUT2D eigenvalue weighted by Gasteiger charge is 2.18. The van der Waals surface area contributed by atoms with Gasteiger partial charge in [-0.25, -0.2) is 4.39 Å². The van der Waals surface area contributed by atoms with Gasteiger partial charge in [-0.2, -0.15) is 0 Å². The van der Waals surface area contributed by atoms with Crippen molar-refractivity contribution in [2.75, 3.05) is 13.6 Å². The maximum absolute atomic E-state index is 13.4. The molecule has 0 aliphatic carbocycles. The maximum Gasteiger partial charge on any atom is 0.128 e. The summed E-state index contributed by atoms with van der Waals surface area (Å²) in [5.41, 5.74) is 6.06. The Bertz CT molecular complexity index is 347. The first-order chi connectivity index (χ1) is 7.60. The summed E-state index contributed by atoms with van der Waals surface area (Å²) in [6.07, 6.45) is -2.07. The highest BCUT2D eigenvalue weighted by molar-refractivity contribution is 5.26. The number of likely N-dealkylation sites (N-methyl/N-ethyl adjacent to an activating group) is 1. The number of rotatable bonds is 5. The summed E-state index contributed by atoms with van der Waals surface area (Å²) in [5.74, 6) is -0.462. The summed E-state index contributed by atoms with van der Waals surface area (Å²) >= 11 is 0. The Morgan fingerprint density at radius 1 is 1.44 bits per heavy atom. The van der Waals surface area contributed by atoms with Gasteiger partial charge in [0.1, 0.15) is 11.9 Å². The van der Waals surface area contributed by atoms with Crippen LogP contribution >= 0.6 is 0 Å². The molecule has 0 amide bonds. The summed E-state index contributed by atoms with van der Waals surface area (Å²) in [6, 6.07) is 4.28. The molecular formula is C11H17FN2O2. The van der Waals surface area contributed by atoms with Crippen molar-refractivity contribution in [2.24, 2.45) is 5.73 Å². The smallest absolute Gasteiger partial charge is 0.128 e. The van der Waals surface area contributed by atoms with Gasteiger partial charge in [0, 0.05) is 18.7 Å². The van der Waals surface area contributed by atoms with Crippen molar-refractivity contribution >= 4 is 0 Å². The topological polar surface area (TPSA) is 78.5 Å². The third-order valence-corrected chi connectivity index (χ3v) is 2.42. The van der Waals surface area contributed by atoms with E-state index < -0.39 is 18.0 Å². The molecule has 1 rings (SSSR count). The zero-order valence-corrected chi connectivity index (χ0v) is 9.15. The minimum absolute atomic E-state index is 0.112. The minimum Gasteiger partial charge on any atom is -0.389 e. The highest BCUT2D eigenvalue weighted by atomic mass is 19.1. The van der Waals surface area contributed by atoms with E-state index in [-0.39, 0.29) is 13.1 Å². The first-order valence-corrected chi connectivity index (χ1v) is 5.09. The second kappa shape index (κ2) is 5.91. The molecule has 0 aliphatic rings. The molecule has 0 radical (unpaired) electrons. The molecular weight excluding hydrogens is 211 g/mol. The summed E-state index contributed by atoms with van der Waals surface area (Å²) in [4.78, 5) is 0. The Hall–Kier alpha value is -1.01. The molecule has 5 heteroatoms. The van der Waals surface area contributed by atoms with E-state index in [9.17, 15) is 14.6 Å². The summed E-state index contributed by atoms with van der Waals surface area (Å²) in [5, 5.41) is 22.0. The van der Waals surface area contributed by atoms with E-state index in [1.54, 1.807) is 13.1 Å². The third-order valence-electron chi connectivity index (χ3n) is 2.42. The van der Waals surface area contributed by atoms with Crippen LogP contribution in [0, 0.1) is 5.82 Å². The van der Waals surface area contributed by atoms with Crippen molar-refractivity contribution in [1.82, 2.24) is 5.32 Å². The van der Waals surface area contributed by atoms with Crippen LogP contribution in [0.3, 0.4) is 0 Å². The highest BCUT2D eigenvalue weighted by Crippen LogP contribution is 2.19. The van der Waals surface area contributed by atoms with Crippen LogP contribution in [0.15, 0.2) is 18.2 Å². The van der Waals surface area contributed by atoms with Crippen LogP contribution in [0.2, 0.25) is 0 Å². The fraction of sp³-hybridized carbons (Fsp3) is 0.455. The number of aliphatic hydroxyl groups is 2. The molecule has 0 aliphatic heterocycles. The van der Waals surface area contributed by atoms with E-state index in [0.717, 1.165) is 0 Å². The van der Waals surface area contributed by atoms with E-state index in [2.05, 4.69) is 5.32 Å². The molecule has 0 spiro atoms. The molecule has 0 saturated heterocycles. The summed E-state index contributed by atoms with van der Waals surface area (Å²) < 4.78 is 13.4. The van der Waals surface area contributed by atoms with Crippen molar-refractivity contribution < 1.29 is 14.6 Å². The van der Waals surface area contributed by atoms with Crippen molar-refractivity contribution in [2.45, 2.75) is 18.8 Å². The number of benzene rings is 1. The van der Waals surface area contributed by atoms with E-state index in [1.807, 2.05) is 0 Å². The van der Waals surface area contributed by atoms with Gasteiger partial charge in [0.05, 0.1) is 6.10 Å². The van der Waals surface area contributed by atoms with Crippen LogP contribution in [0.25, 0.3) is 0 Å². The molecule has 0 aromatic heterocycles. The van der Waals surface area contributed by atoms with Crippen molar-refractivity contribution in [3.8, 4) is 0 Å². The predicted octanol–water partition coefficient (Wildman–Crippen LogP) is -0.102. The number of hydrogen-bond donors (Lipinski definition) is 4. The Balaban J connectivity index is 2.84. The Morgan fingerprint density at radius 2 is 2.12 bits per heavy atom. The summed E-state index contributed by atoms with van der Waals surface area (Å²) in [6.45, 7) is 0.350. The Labute approximate surface area is 93.9 Å². The lowest BCUT2D eigenvalue weighted by molar-refractivity contribution is 0.0200. The Kier molecular flexibility index (Phi) is 4.82. The first-order valence-electron chi connectivity index (χ1n) is 5.09. The zero-order chi connectivity index (χ0) is 12.1. The molecule has 0 heterocycles. The SMILES string of the molecule is CNCC(O)C(O)c1ccc(CN)c(F)c1. The molecule has 2 unspecified atom stereocenters. The standard InChI is InChI=1S/C11H17FN2O2/c1-14-6-10(15)11(16)7-2-3-8(5-13)9(12)4-7/h2-4,10-11,14-16H,5-6,13H2,1H3. The lowest BCUT2D eigenvalue weighted by Crippen LogP contribution is -2.29. The third kappa shape index (κ3) is 2.99. The van der Waals surface area contributed by atoms with Gasteiger partial charge in [0.25, 0.3) is 0 Å². The van der Waals surface area contributed by atoms with Crippen LogP contribution in [0.4, 0.5) is 4.39 Å². The quantitative estimate of drug-likeness (QED) is 0.567. The molecule has 1 aromatic rings. The zero-order valence-electron chi connectivity index (χ0n) is 9.15. The van der Waals surface area contributed by atoms with E-state index in [1.165, 1.54) is 12.1 Å². The van der Waals surface area contributed by atoms with E-state index >= 15 is 0 Å².